The van der Waals surface area contributed by atoms with Crippen molar-refractivity contribution in [3.8, 4) is 17.2 Å². The summed E-state index contributed by atoms with van der Waals surface area (Å²) in [6.45, 7) is 3.00. The number of pyridine rings is 2. The van der Waals surface area contributed by atoms with Crippen LogP contribution in [0.3, 0.4) is 0 Å². The van der Waals surface area contributed by atoms with E-state index in [1.54, 1.807) is 35.5 Å². The summed E-state index contributed by atoms with van der Waals surface area (Å²) in [7, 11) is 0. The van der Waals surface area contributed by atoms with E-state index in [1.807, 2.05) is 17.9 Å². The van der Waals surface area contributed by atoms with Gasteiger partial charge in [0.05, 0.1) is 34.9 Å². The van der Waals surface area contributed by atoms with Crippen LogP contribution in [0.25, 0.3) is 28.1 Å². The quantitative estimate of drug-likeness (QED) is 0.523. The zero-order valence-electron chi connectivity index (χ0n) is 17.5. The van der Waals surface area contributed by atoms with Crippen LogP contribution < -0.4 is 10.6 Å². The predicted octanol–water partition coefficient (Wildman–Crippen LogP) is 3.45. The first kappa shape index (κ1) is 20.4. The lowest BCUT2D eigenvalue weighted by Gasteiger charge is -2.33. The van der Waals surface area contributed by atoms with E-state index in [2.05, 4.69) is 25.0 Å². The third-order valence-electron chi connectivity index (χ3n) is 5.57. The molecule has 1 atom stereocenters. The zero-order chi connectivity index (χ0) is 22.2. The van der Waals surface area contributed by atoms with Crippen LogP contribution in [0.5, 0.6) is 0 Å². The standard InChI is InChI=1S/C22H22F2N8/c1-13-8-26-11-18(29-13)17-7-19-14(9-27-17)10-28-32(19)20-5-4-16(21(23)24)22(30-20)31-6-2-3-15(25)12-31/h4-5,7-11,15,21H,2-3,6,12,25H2,1H3. The van der Waals surface area contributed by atoms with Crippen molar-refractivity contribution in [1.82, 2.24) is 29.7 Å². The first-order valence-electron chi connectivity index (χ1n) is 10.4. The lowest BCUT2D eigenvalue weighted by Crippen LogP contribution is -2.43. The maximum absolute atomic E-state index is 13.7. The minimum atomic E-state index is -2.63. The average Bonchev–Trinajstić information content (AvgIpc) is 3.22. The molecule has 0 radical (unpaired) electrons. The number of aromatic nitrogens is 6. The van der Waals surface area contributed by atoms with Crippen LogP contribution >= 0.6 is 0 Å². The van der Waals surface area contributed by atoms with Crippen LogP contribution in [0, 0.1) is 6.92 Å². The molecule has 32 heavy (non-hydrogen) atoms. The predicted molar refractivity (Wildman–Crippen MR) is 117 cm³/mol. The normalized spacial score (nSPS) is 16.8. The van der Waals surface area contributed by atoms with Gasteiger partial charge in [0.25, 0.3) is 6.43 Å². The van der Waals surface area contributed by atoms with E-state index in [4.69, 9.17) is 5.73 Å². The molecule has 4 aromatic heterocycles. The molecule has 1 aliphatic rings. The van der Waals surface area contributed by atoms with Gasteiger partial charge >= 0.3 is 0 Å². The summed E-state index contributed by atoms with van der Waals surface area (Å²) in [4.78, 5) is 19.6. The van der Waals surface area contributed by atoms with Gasteiger partial charge in [0.1, 0.15) is 11.5 Å². The van der Waals surface area contributed by atoms with Crippen LogP contribution in [0.4, 0.5) is 14.6 Å². The fourth-order valence-corrected chi connectivity index (χ4v) is 4.02. The average molecular weight is 436 g/mol. The van der Waals surface area contributed by atoms with Gasteiger partial charge in [-0.25, -0.2) is 23.4 Å². The smallest absolute Gasteiger partial charge is 0.267 e. The number of alkyl halides is 2. The fourth-order valence-electron chi connectivity index (χ4n) is 4.02. The highest BCUT2D eigenvalue weighted by Gasteiger charge is 2.25. The van der Waals surface area contributed by atoms with Gasteiger partial charge in [-0.1, -0.05) is 0 Å². The first-order valence-corrected chi connectivity index (χ1v) is 10.4. The van der Waals surface area contributed by atoms with Gasteiger partial charge in [-0.15, -0.1) is 0 Å². The van der Waals surface area contributed by atoms with Crippen molar-refractivity contribution >= 4 is 16.7 Å². The third kappa shape index (κ3) is 3.77. The summed E-state index contributed by atoms with van der Waals surface area (Å²) in [6.07, 6.45) is 5.79. The lowest BCUT2D eigenvalue weighted by atomic mass is 10.1. The van der Waals surface area contributed by atoms with E-state index in [1.165, 1.54) is 6.07 Å². The molecular formula is C22H22F2N8. The van der Waals surface area contributed by atoms with Crippen molar-refractivity contribution in [3.05, 3.63) is 54.2 Å². The summed E-state index contributed by atoms with van der Waals surface area (Å²) in [5, 5.41) is 5.24. The topological polar surface area (TPSA) is 98.6 Å². The second kappa shape index (κ2) is 8.19. The minimum absolute atomic E-state index is 0.0608. The number of anilines is 1. The number of halogens is 2. The van der Waals surface area contributed by atoms with Crippen molar-refractivity contribution in [2.45, 2.75) is 32.2 Å². The summed E-state index contributed by atoms with van der Waals surface area (Å²) >= 11 is 0. The van der Waals surface area contributed by atoms with Crippen LogP contribution in [-0.2, 0) is 0 Å². The molecule has 1 fully saturated rings. The molecule has 0 aliphatic carbocycles. The van der Waals surface area contributed by atoms with E-state index < -0.39 is 6.43 Å². The molecule has 0 spiro atoms. The highest BCUT2D eigenvalue weighted by molar-refractivity contribution is 5.82. The van der Waals surface area contributed by atoms with E-state index in [-0.39, 0.29) is 17.4 Å². The molecule has 1 saturated heterocycles. The Hall–Kier alpha value is -3.53. The summed E-state index contributed by atoms with van der Waals surface area (Å²) < 4.78 is 29.1. The van der Waals surface area contributed by atoms with Gasteiger partial charge in [-0.2, -0.15) is 5.10 Å². The summed E-state index contributed by atoms with van der Waals surface area (Å²) in [5.41, 5.74) is 8.80. The SMILES string of the molecule is Cc1cncc(-c2cc3c(cn2)cnn3-c2ccc(C(F)F)c(N3CCCC(N)C3)n2)n1. The van der Waals surface area contributed by atoms with Crippen molar-refractivity contribution < 1.29 is 8.78 Å². The number of hydrogen-bond donors (Lipinski definition) is 1. The number of nitrogens with zero attached hydrogens (tertiary/aromatic N) is 7. The molecule has 4 aromatic rings. The minimum Gasteiger partial charge on any atom is -0.355 e. The van der Waals surface area contributed by atoms with Gasteiger partial charge in [0, 0.05) is 36.9 Å². The number of aryl methyl sites for hydroxylation is 1. The number of piperidine rings is 1. The Kier molecular flexibility index (Phi) is 5.22. The van der Waals surface area contributed by atoms with Crippen LogP contribution in [-0.4, -0.2) is 48.8 Å². The molecule has 0 amide bonds. The van der Waals surface area contributed by atoms with Crippen molar-refractivity contribution in [1.29, 1.82) is 0 Å². The second-order valence-corrected chi connectivity index (χ2v) is 7.96. The Morgan fingerprint density at radius 2 is 1.97 bits per heavy atom. The fraction of sp³-hybridized carbons (Fsp3) is 0.318. The molecule has 5 rings (SSSR count). The van der Waals surface area contributed by atoms with Gasteiger partial charge < -0.3 is 10.6 Å². The van der Waals surface area contributed by atoms with E-state index in [0.29, 0.717) is 30.3 Å². The summed E-state index contributed by atoms with van der Waals surface area (Å²) in [5.74, 6) is 0.709. The molecule has 0 saturated carbocycles. The maximum Gasteiger partial charge on any atom is 0.267 e. The number of nitrogens with two attached hydrogens (primary N) is 1. The molecule has 5 heterocycles. The Balaban J connectivity index is 1.60. The van der Waals surface area contributed by atoms with Crippen molar-refractivity contribution in [2.75, 3.05) is 18.0 Å². The highest BCUT2D eigenvalue weighted by Crippen LogP contribution is 2.31. The van der Waals surface area contributed by atoms with Crippen LogP contribution in [0.2, 0.25) is 0 Å². The molecule has 1 unspecified atom stereocenters. The van der Waals surface area contributed by atoms with E-state index >= 15 is 0 Å². The first-order chi connectivity index (χ1) is 15.5. The lowest BCUT2D eigenvalue weighted by molar-refractivity contribution is 0.151. The van der Waals surface area contributed by atoms with E-state index in [0.717, 1.165) is 29.4 Å². The second-order valence-electron chi connectivity index (χ2n) is 7.96. The molecule has 1 aliphatic heterocycles. The molecule has 10 heteroatoms. The molecule has 0 bridgehead atoms. The molecule has 8 nitrogen and oxygen atoms in total. The Labute approximate surface area is 183 Å². The van der Waals surface area contributed by atoms with Gasteiger partial charge in [-0.05, 0) is 38.0 Å². The van der Waals surface area contributed by atoms with Crippen molar-refractivity contribution in [3.63, 3.8) is 0 Å². The Morgan fingerprint density at radius 1 is 1.09 bits per heavy atom. The zero-order valence-corrected chi connectivity index (χ0v) is 17.5. The Bertz CT molecular complexity index is 1270. The van der Waals surface area contributed by atoms with Crippen LogP contribution in [0.15, 0.2) is 43.0 Å². The van der Waals surface area contributed by atoms with E-state index in [9.17, 15) is 8.78 Å². The van der Waals surface area contributed by atoms with Gasteiger partial charge in [0.2, 0.25) is 0 Å². The third-order valence-corrected chi connectivity index (χ3v) is 5.57. The van der Waals surface area contributed by atoms with Crippen molar-refractivity contribution in [2.24, 2.45) is 5.73 Å². The summed E-state index contributed by atoms with van der Waals surface area (Å²) in [6, 6.07) is 4.78. The maximum atomic E-state index is 13.7. The molecule has 164 valence electrons. The van der Waals surface area contributed by atoms with Gasteiger partial charge in [-0.3, -0.25) is 9.97 Å². The highest BCUT2D eigenvalue weighted by atomic mass is 19.3. The molecule has 0 aromatic carbocycles. The molecular weight excluding hydrogens is 414 g/mol. The Morgan fingerprint density at radius 3 is 2.75 bits per heavy atom. The molecule has 2 N–H and O–H groups in total. The van der Waals surface area contributed by atoms with Crippen LogP contribution in [0.1, 0.15) is 30.5 Å². The van der Waals surface area contributed by atoms with Gasteiger partial charge in [0.15, 0.2) is 5.82 Å². The number of rotatable bonds is 4. The number of fused-ring (bicyclic) bond motifs is 1. The monoisotopic (exact) mass is 436 g/mol. The number of hydrogen-bond acceptors (Lipinski definition) is 7. The largest absolute Gasteiger partial charge is 0.355 e.